The van der Waals surface area contributed by atoms with Gasteiger partial charge < -0.3 is 5.32 Å². The zero-order chi connectivity index (χ0) is 21.1. The van der Waals surface area contributed by atoms with E-state index in [-0.39, 0.29) is 17.2 Å². The molecule has 1 amide bonds. The summed E-state index contributed by atoms with van der Waals surface area (Å²) in [5.74, 6) is 0.756. The fourth-order valence-corrected chi connectivity index (χ4v) is 4.92. The van der Waals surface area contributed by atoms with Crippen LogP contribution in [0.2, 0.25) is 0 Å². The number of pyridine rings is 1. The number of benzene rings is 1. The van der Waals surface area contributed by atoms with E-state index in [9.17, 15) is 4.79 Å². The van der Waals surface area contributed by atoms with E-state index in [1.54, 1.807) is 0 Å². The average molecular weight is 407 g/mol. The number of likely N-dealkylation sites (tertiary alicyclic amines) is 2. The summed E-state index contributed by atoms with van der Waals surface area (Å²) in [5, 5.41) is 3.21. The molecule has 1 aromatic heterocycles. The van der Waals surface area contributed by atoms with Crippen LogP contribution in [0.4, 0.5) is 0 Å². The maximum atomic E-state index is 13.1. The van der Waals surface area contributed by atoms with Gasteiger partial charge >= 0.3 is 0 Å². The molecular formula is C25H34N4O. The van der Waals surface area contributed by atoms with Crippen molar-refractivity contribution in [1.29, 1.82) is 0 Å². The summed E-state index contributed by atoms with van der Waals surface area (Å²) in [7, 11) is 0. The van der Waals surface area contributed by atoms with Gasteiger partial charge in [-0.2, -0.15) is 0 Å². The molecule has 1 unspecified atom stereocenters. The monoisotopic (exact) mass is 406 g/mol. The van der Waals surface area contributed by atoms with Crippen LogP contribution in [-0.4, -0.2) is 53.4 Å². The topological polar surface area (TPSA) is 48.5 Å². The first-order chi connectivity index (χ1) is 14.4. The number of rotatable bonds is 7. The van der Waals surface area contributed by atoms with Crippen LogP contribution in [0.3, 0.4) is 0 Å². The molecule has 5 nitrogen and oxygen atoms in total. The average Bonchev–Trinajstić information content (AvgIpc) is 3.07. The summed E-state index contributed by atoms with van der Waals surface area (Å²) in [6, 6.07) is 14.8. The molecule has 2 aromatic rings. The molecule has 5 heteroatoms. The third kappa shape index (κ3) is 4.73. The van der Waals surface area contributed by atoms with E-state index in [2.05, 4.69) is 83.3 Å². The van der Waals surface area contributed by atoms with Crippen molar-refractivity contribution in [3.05, 3.63) is 65.5 Å². The Hall–Kier alpha value is -2.24. The van der Waals surface area contributed by atoms with E-state index in [0.29, 0.717) is 5.92 Å². The quantitative estimate of drug-likeness (QED) is 0.768. The molecule has 2 aliphatic rings. The first-order valence-corrected chi connectivity index (χ1v) is 11.1. The molecule has 3 heterocycles. The van der Waals surface area contributed by atoms with Crippen LogP contribution in [0.25, 0.3) is 0 Å². The van der Waals surface area contributed by atoms with Gasteiger partial charge in [-0.25, -0.2) is 0 Å². The third-order valence-corrected chi connectivity index (χ3v) is 6.40. The minimum Gasteiger partial charge on any atom is -0.356 e. The van der Waals surface area contributed by atoms with E-state index >= 15 is 0 Å². The molecule has 0 radical (unpaired) electrons. The molecule has 1 spiro atoms. The Morgan fingerprint density at radius 1 is 1.10 bits per heavy atom. The molecule has 0 bridgehead atoms. The fourth-order valence-electron chi connectivity index (χ4n) is 4.92. The zero-order valence-electron chi connectivity index (χ0n) is 18.5. The van der Waals surface area contributed by atoms with Gasteiger partial charge in [-0.1, -0.05) is 50.2 Å². The summed E-state index contributed by atoms with van der Waals surface area (Å²) >= 11 is 0. The second-order valence-electron chi connectivity index (χ2n) is 9.68. The van der Waals surface area contributed by atoms with Crippen molar-refractivity contribution >= 4 is 5.91 Å². The minimum atomic E-state index is 0.0561. The lowest BCUT2D eigenvalue weighted by Crippen LogP contribution is -2.62. The number of nitrogens with zero attached hydrogens (tertiary/aromatic N) is 3. The molecule has 2 saturated heterocycles. The van der Waals surface area contributed by atoms with Crippen molar-refractivity contribution in [3.8, 4) is 0 Å². The SMILES string of the molecule is Cc1ccc(CN2CC3(CN(Cc4ccccc4)CC3C(=O)NCC(C)C)C2)nc1. The van der Waals surface area contributed by atoms with Crippen LogP contribution < -0.4 is 5.32 Å². The van der Waals surface area contributed by atoms with Crippen LogP contribution in [-0.2, 0) is 17.9 Å². The summed E-state index contributed by atoms with van der Waals surface area (Å²) in [4.78, 5) is 22.6. The predicted octanol–water partition coefficient (Wildman–Crippen LogP) is 3.10. The normalized spacial score (nSPS) is 21.1. The van der Waals surface area contributed by atoms with E-state index in [1.807, 2.05) is 6.20 Å². The molecule has 1 aromatic carbocycles. The van der Waals surface area contributed by atoms with Gasteiger partial charge in [0, 0.05) is 57.4 Å². The van der Waals surface area contributed by atoms with Crippen molar-refractivity contribution in [3.63, 3.8) is 0 Å². The minimum absolute atomic E-state index is 0.0561. The highest BCUT2D eigenvalue weighted by atomic mass is 16.2. The number of carbonyl (C=O) groups excluding carboxylic acids is 1. The Bertz CT molecular complexity index is 843. The first kappa shape index (κ1) is 21.0. The molecule has 2 aliphatic heterocycles. The molecule has 1 atom stereocenters. The Balaban J connectivity index is 1.43. The molecule has 0 aliphatic carbocycles. The Labute approximate surface area is 180 Å². The van der Waals surface area contributed by atoms with Crippen LogP contribution in [0.15, 0.2) is 48.7 Å². The number of aryl methyl sites for hydroxylation is 1. The molecule has 1 N–H and O–H groups in total. The Morgan fingerprint density at radius 3 is 2.50 bits per heavy atom. The second-order valence-corrected chi connectivity index (χ2v) is 9.68. The third-order valence-electron chi connectivity index (χ3n) is 6.40. The van der Waals surface area contributed by atoms with Gasteiger partial charge in [0.15, 0.2) is 0 Å². The summed E-state index contributed by atoms with van der Waals surface area (Å²) < 4.78 is 0. The first-order valence-electron chi connectivity index (χ1n) is 11.1. The smallest absolute Gasteiger partial charge is 0.225 e. The van der Waals surface area contributed by atoms with Crippen LogP contribution in [0.5, 0.6) is 0 Å². The highest BCUT2D eigenvalue weighted by molar-refractivity contribution is 5.80. The lowest BCUT2D eigenvalue weighted by atomic mass is 9.71. The molecule has 4 rings (SSSR count). The van der Waals surface area contributed by atoms with Gasteiger partial charge in [0.1, 0.15) is 0 Å². The van der Waals surface area contributed by atoms with Gasteiger partial charge in [0.05, 0.1) is 11.6 Å². The maximum Gasteiger partial charge on any atom is 0.225 e. The fraction of sp³-hybridized carbons (Fsp3) is 0.520. The van der Waals surface area contributed by atoms with Crippen LogP contribution in [0, 0.1) is 24.2 Å². The van der Waals surface area contributed by atoms with Gasteiger partial charge in [-0.15, -0.1) is 0 Å². The number of amides is 1. The van der Waals surface area contributed by atoms with E-state index in [4.69, 9.17) is 0 Å². The van der Waals surface area contributed by atoms with Gasteiger partial charge in [-0.05, 0) is 30.0 Å². The largest absolute Gasteiger partial charge is 0.356 e. The lowest BCUT2D eigenvalue weighted by Gasteiger charge is -2.50. The molecular weight excluding hydrogens is 372 g/mol. The Morgan fingerprint density at radius 2 is 1.83 bits per heavy atom. The standard InChI is InChI=1S/C25H34N4O/c1-19(2)11-27-24(30)23-15-28(13-21-7-5-4-6-8-21)16-25(23)17-29(18-25)14-22-10-9-20(3)12-26-22/h4-10,12,19,23H,11,13-18H2,1-3H3,(H,27,30). The van der Waals surface area contributed by atoms with Crippen molar-refractivity contribution in [2.75, 3.05) is 32.7 Å². The highest BCUT2D eigenvalue weighted by Crippen LogP contribution is 2.45. The number of hydrogen-bond donors (Lipinski definition) is 1. The van der Waals surface area contributed by atoms with Crippen molar-refractivity contribution < 1.29 is 4.79 Å². The lowest BCUT2D eigenvalue weighted by molar-refractivity contribution is -0.133. The summed E-state index contributed by atoms with van der Waals surface area (Å²) in [6.45, 7) is 12.6. The molecule has 160 valence electrons. The van der Waals surface area contributed by atoms with E-state index < -0.39 is 0 Å². The number of aromatic nitrogens is 1. The second kappa shape index (κ2) is 8.86. The van der Waals surface area contributed by atoms with Crippen molar-refractivity contribution in [2.45, 2.75) is 33.9 Å². The van der Waals surface area contributed by atoms with Gasteiger partial charge in [0.2, 0.25) is 5.91 Å². The number of nitrogens with one attached hydrogen (secondary N) is 1. The van der Waals surface area contributed by atoms with Crippen LogP contribution >= 0.6 is 0 Å². The molecule has 0 saturated carbocycles. The van der Waals surface area contributed by atoms with Crippen molar-refractivity contribution in [1.82, 2.24) is 20.1 Å². The predicted molar refractivity (Wildman–Crippen MR) is 120 cm³/mol. The van der Waals surface area contributed by atoms with Gasteiger partial charge in [0.25, 0.3) is 0 Å². The Kier molecular flexibility index (Phi) is 6.21. The number of carbonyl (C=O) groups is 1. The number of hydrogen-bond acceptors (Lipinski definition) is 4. The summed E-state index contributed by atoms with van der Waals surface area (Å²) in [5.41, 5.74) is 3.67. The zero-order valence-corrected chi connectivity index (χ0v) is 18.5. The highest BCUT2D eigenvalue weighted by Gasteiger charge is 2.56. The van der Waals surface area contributed by atoms with E-state index in [1.165, 1.54) is 11.1 Å². The van der Waals surface area contributed by atoms with Gasteiger partial charge in [-0.3, -0.25) is 19.6 Å². The van der Waals surface area contributed by atoms with Crippen molar-refractivity contribution in [2.24, 2.45) is 17.3 Å². The summed E-state index contributed by atoms with van der Waals surface area (Å²) in [6.07, 6.45) is 1.93. The molecule has 30 heavy (non-hydrogen) atoms. The van der Waals surface area contributed by atoms with E-state index in [0.717, 1.165) is 51.5 Å². The van der Waals surface area contributed by atoms with Crippen LogP contribution in [0.1, 0.15) is 30.7 Å². The molecule has 2 fully saturated rings. The maximum absolute atomic E-state index is 13.1.